The van der Waals surface area contributed by atoms with Crippen LogP contribution in [0.4, 0.5) is 5.69 Å². The first-order chi connectivity index (χ1) is 13.1. The van der Waals surface area contributed by atoms with Gasteiger partial charge in [0.15, 0.2) is 0 Å². The van der Waals surface area contributed by atoms with E-state index in [0.717, 1.165) is 5.56 Å². The van der Waals surface area contributed by atoms with Gasteiger partial charge >= 0.3 is 0 Å². The van der Waals surface area contributed by atoms with Gasteiger partial charge in [-0.25, -0.2) is 0 Å². The molecule has 0 aliphatic heterocycles. The lowest BCUT2D eigenvalue weighted by atomic mass is 10.2. The number of carbonyl (C=O) groups excluding carboxylic acids is 1. The topological polar surface area (TPSA) is 69.6 Å². The number of nitrogens with one attached hydrogen (secondary N) is 1. The molecule has 0 bridgehead atoms. The predicted octanol–water partition coefficient (Wildman–Crippen LogP) is 3.17. The van der Waals surface area contributed by atoms with Crippen LogP contribution >= 0.6 is 0 Å². The monoisotopic (exact) mass is 364 g/mol. The number of ether oxygens (including phenoxy) is 2. The van der Waals surface area contributed by atoms with Gasteiger partial charge in [0, 0.05) is 12.3 Å². The number of hydrogen-bond donors (Lipinski definition) is 1. The van der Waals surface area contributed by atoms with Gasteiger partial charge in [-0.3, -0.25) is 9.59 Å². The third-order valence-corrected chi connectivity index (χ3v) is 4.09. The van der Waals surface area contributed by atoms with Gasteiger partial charge in [0.05, 0.1) is 32.0 Å². The van der Waals surface area contributed by atoms with Crippen molar-refractivity contribution < 1.29 is 14.3 Å². The van der Waals surface area contributed by atoms with Crippen LogP contribution in [0.3, 0.4) is 0 Å². The van der Waals surface area contributed by atoms with Crippen LogP contribution in [0, 0.1) is 0 Å². The summed E-state index contributed by atoms with van der Waals surface area (Å²) in [4.78, 5) is 24.8. The highest BCUT2D eigenvalue weighted by Gasteiger charge is 2.11. The number of benzene rings is 2. The molecule has 1 amide bonds. The highest BCUT2D eigenvalue weighted by Crippen LogP contribution is 2.23. The molecule has 1 N–H and O–H groups in total. The van der Waals surface area contributed by atoms with Crippen molar-refractivity contribution in [3.05, 3.63) is 88.3 Å². The van der Waals surface area contributed by atoms with Crippen LogP contribution in [0.5, 0.6) is 11.5 Å². The van der Waals surface area contributed by atoms with Crippen LogP contribution in [0.2, 0.25) is 0 Å². The van der Waals surface area contributed by atoms with Crippen LogP contribution in [-0.4, -0.2) is 24.7 Å². The molecule has 3 rings (SSSR count). The first-order valence-corrected chi connectivity index (χ1v) is 8.38. The number of aromatic nitrogens is 1. The summed E-state index contributed by atoms with van der Waals surface area (Å²) in [5.41, 5.74) is 1.66. The number of nitrogens with zero attached hydrogens (tertiary/aromatic N) is 1. The van der Waals surface area contributed by atoms with Gasteiger partial charge < -0.3 is 19.4 Å². The third-order valence-electron chi connectivity index (χ3n) is 4.09. The van der Waals surface area contributed by atoms with E-state index in [1.165, 1.54) is 16.7 Å². The zero-order valence-corrected chi connectivity index (χ0v) is 15.1. The Bertz CT molecular complexity index is 1010. The fourth-order valence-corrected chi connectivity index (χ4v) is 2.70. The van der Waals surface area contributed by atoms with E-state index in [2.05, 4.69) is 5.32 Å². The van der Waals surface area contributed by atoms with E-state index in [1.807, 2.05) is 36.4 Å². The van der Waals surface area contributed by atoms with Gasteiger partial charge in [-0.15, -0.1) is 0 Å². The number of para-hydroxylation sites is 2. The molecule has 0 spiro atoms. The fourth-order valence-electron chi connectivity index (χ4n) is 2.70. The largest absolute Gasteiger partial charge is 0.497 e. The zero-order chi connectivity index (χ0) is 19.2. The molecule has 0 aliphatic carbocycles. The Hall–Kier alpha value is -3.54. The summed E-state index contributed by atoms with van der Waals surface area (Å²) >= 11 is 0. The highest BCUT2D eigenvalue weighted by atomic mass is 16.5. The van der Waals surface area contributed by atoms with E-state index in [9.17, 15) is 9.59 Å². The normalized spacial score (nSPS) is 10.3. The van der Waals surface area contributed by atoms with Crippen molar-refractivity contribution in [2.75, 3.05) is 19.5 Å². The van der Waals surface area contributed by atoms with Gasteiger partial charge in [0.25, 0.3) is 11.5 Å². The standard InChI is InChI=1S/C21H20N2O4/c1-26-17-7-5-6-15(12-17)13-23-14-16(10-11-20(23)24)21(25)22-18-8-3-4-9-19(18)27-2/h3-12,14H,13H2,1-2H3,(H,22,25). The van der Waals surface area contributed by atoms with E-state index in [1.54, 1.807) is 32.5 Å². The quantitative estimate of drug-likeness (QED) is 0.729. The number of anilines is 1. The van der Waals surface area contributed by atoms with Gasteiger partial charge in [0.2, 0.25) is 0 Å². The summed E-state index contributed by atoms with van der Waals surface area (Å²) in [7, 11) is 3.13. The van der Waals surface area contributed by atoms with Gasteiger partial charge in [-0.1, -0.05) is 24.3 Å². The maximum absolute atomic E-state index is 12.6. The minimum absolute atomic E-state index is 0.188. The molecule has 0 saturated heterocycles. The smallest absolute Gasteiger partial charge is 0.257 e. The molecule has 1 aromatic heterocycles. The first-order valence-electron chi connectivity index (χ1n) is 8.38. The first kappa shape index (κ1) is 18.3. The minimum Gasteiger partial charge on any atom is -0.497 e. The molecular formula is C21H20N2O4. The summed E-state index contributed by atoms with van der Waals surface area (Å²) < 4.78 is 11.9. The number of hydrogen-bond acceptors (Lipinski definition) is 4. The number of carbonyl (C=O) groups is 1. The summed E-state index contributed by atoms with van der Waals surface area (Å²) in [5.74, 6) is 0.958. The summed E-state index contributed by atoms with van der Waals surface area (Å²) in [6, 6.07) is 17.5. The Kier molecular flexibility index (Phi) is 5.56. The lowest BCUT2D eigenvalue weighted by Crippen LogP contribution is -2.22. The van der Waals surface area contributed by atoms with Crippen LogP contribution < -0.4 is 20.3 Å². The van der Waals surface area contributed by atoms with Crippen LogP contribution in [-0.2, 0) is 6.54 Å². The molecule has 0 fully saturated rings. The zero-order valence-electron chi connectivity index (χ0n) is 15.1. The van der Waals surface area contributed by atoms with E-state index in [-0.39, 0.29) is 11.5 Å². The van der Waals surface area contributed by atoms with E-state index < -0.39 is 0 Å². The lowest BCUT2D eigenvalue weighted by molar-refractivity contribution is 0.102. The molecule has 0 unspecified atom stereocenters. The van der Waals surface area contributed by atoms with Crippen LogP contribution in [0.25, 0.3) is 0 Å². The van der Waals surface area contributed by atoms with Crippen molar-refractivity contribution in [1.82, 2.24) is 4.57 Å². The maximum Gasteiger partial charge on any atom is 0.257 e. The SMILES string of the molecule is COc1cccc(Cn2cc(C(=O)Nc3ccccc3OC)ccc2=O)c1. The van der Waals surface area contributed by atoms with E-state index >= 15 is 0 Å². The van der Waals surface area contributed by atoms with Gasteiger partial charge in [-0.05, 0) is 35.9 Å². The molecule has 27 heavy (non-hydrogen) atoms. The molecule has 138 valence electrons. The summed E-state index contributed by atoms with van der Waals surface area (Å²) in [6.45, 7) is 0.339. The molecule has 6 heteroatoms. The van der Waals surface area contributed by atoms with E-state index in [0.29, 0.717) is 29.3 Å². The highest BCUT2D eigenvalue weighted by molar-refractivity contribution is 6.04. The molecule has 0 aliphatic rings. The molecule has 3 aromatic rings. The van der Waals surface area contributed by atoms with E-state index in [4.69, 9.17) is 9.47 Å². The predicted molar refractivity (Wildman–Crippen MR) is 104 cm³/mol. The average molecular weight is 364 g/mol. The van der Waals surface area contributed by atoms with Crippen molar-refractivity contribution in [3.63, 3.8) is 0 Å². The molecule has 2 aromatic carbocycles. The molecular weight excluding hydrogens is 344 g/mol. The maximum atomic E-state index is 12.6. The molecule has 1 heterocycles. The second-order valence-electron chi connectivity index (χ2n) is 5.89. The van der Waals surface area contributed by atoms with Crippen LogP contribution in [0.1, 0.15) is 15.9 Å². The van der Waals surface area contributed by atoms with Gasteiger partial charge in [0.1, 0.15) is 11.5 Å². The molecule has 0 saturated carbocycles. The number of rotatable bonds is 6. The van der Waals surface area contributed by atoms with Crippen LogP contribution in [0.15, 0.2) is 71.7 Å². The van der Waals surface area contributed by atoms with Crippen molar-refractivity contribution in [2.24, 2.45) is 0 Å². The number of amides is 1. The second-order valence-corrected chi connectivity index (χ2v) is 5.89. The fraction of sp³-hybridized carbons (Fsp3) is 0.143. The Labute approximate surface area is 157 Å². The number of pyridine rings is 1. The van der Waals surface area contributed by atoms with Crippen molar-refractivity contribution in [2.45, 2.75) is 6.54 Å². The molecule has 0 atom stereocenters. The van der Waals surface area contributed by atoms with Gasteiger partial charge in [-0.2, -0.15) is 0 Å². The van der Waals surface area contributed by atoms with Crippen molar-refractivity contribution >= 4 is 11.6 Å². The Balaban J connectivity index is 1.84. The summed E-state index contributed by atoms with van der Waals surface area (Å²) in [5, 5.41) is 2.81. The summed E-state index contributed by atoms with van der Waals surface area (Å²) in [6.07, 6.45) is 1.55. The van der Waals surface area contributed by atoms with Crippen molar-refractivity contribution in [3.8, 4) is 11.5 Å². The number of methoxy groups -OCH3 is 2. The minimum atomic E-state index is -0.320. The average Bonchev–Trinajstić information content (AvgIpc) is 2.70. The lowest BCUT2D eigenvalue weighted by Gasteiger charge is -2.12. The Morgan fingerprint density at radius 1 is 1.00 bits per heavy atom. The Morgan fingerprint density at radius 2 is 1.81 bits per heavy atom. The third kappa shape index (κ3) is 4.36. The molecule has 6 nitrogen and oxygen atoms in total. The second kappa shape index (κ2) is 8.23. The van der Waals surface area contributed by atoms with Crippen molar-refractivity contribution in [1.29, 1.82) is 0 Å². The molecule has 0 radical (unpaired) electrons. The Morgan fingerprint density at radius 3 is 2.59 bits per heavy atom.